The zero-order chi connectivity index (χ0) is 11.9. The SMILES string of the molecule is CCCC(C)(CC)OCCC(C)(C)CC. The van der Waals surface area contributed by atoms with Crippen molar-refractivity contribution in [3.8, 4) is 0 Å². The molecule has 1 atom stereocenters. The molecule has 0 heterocycles. The highest BCUT2D eigenvalue weighted by molar-refractivity contribution is 4.73. The molecule has 0 radical (unpaired) electrons. The standard InChI is InChI=1S/C14H30O/c1-7-10-14(6,9-3)15-12-11-13(4,5)8-2/h7-12H2,1-6H3. The Hall–Kier alpha value is -0.0400. The van der Waals surface area contributed by atoms with Gasteiger partial charge >= 0.3 is 0 Å². The fraction of sp³-hybridized carbons (Fsp3) is 1.00. The van der Waals surface area contributed by atoms with E-state index in [1.165, 1.54) is 25.7 Å². The summed E-state index contributed by atoms with van der Waals surface area (Å²) < 4.78 is 6.06. The van der Waals surface area contributed by atoms with Crippen LogP contribution in [0.3, 0.4) is 0 Å². The average Bonchev–Trinajstić information content (AvgIpc) is 2.18. The summed E-state index contributed by atoms with van der Waals surface area (Å²) >= 11 is 0. The molecule has 0 saturated carbocycles. The van der Waals surface area contributed by atoms with Crippen LogP contribution in [0.25, 0.3) is 0 Å². The molecule has 0 aromatic rings. The van der Waals surface area contributed by atoms with Crippen LogP contribution in [0.4, 0.5) is 0 Å². The predicted octanol–water partition coefficient (Wildman–Crippen LogP) is 4.80. The smallest absolute Gasteiger partial charge is 0.0651 e. The summed E-state index contributed by atoms with van der Waals surface area (Å²) in [6.07, 6.45) is 5.90. The molecule has 0 aliphatic rings. The van der Waals surface area contributed by atoms with Gasteiger partial charge in [-0.05, 0) is 31.6 Å². The molecule has 1 heteroatoms. The largest absolute Gasteiger partial charge is 0.375 e. The van der Waals surface area contributed by atoms with Gasteiger partial charge in [-0.1, -0.05) is 47.5 Å². The molecule has 0 N–H and O–H groups in total. The number of hydrogen-bond acceptors (Lipinski definition) is 1. The first-order valence-corrected chi connectivity index (χ1v) is 6.53. The van der Waals surface area contributed by atoms with Crippen LogP contribution in [0.5, 0.6) is 0 Å². The minimum atomic E-state index is 0.110. The van der Waals surface area contributed by atoms with E-state index in [4.69, 9.17) is 4.74 Å². The topological polar surface area (TPSA) is 9.23 Å². The average molecular weight is 214 g/mol. The number of ether oxygens (including phenoxy) is 1. The maximum atomic E-state index is 6.06. The minimum Gasteiger partial charge on any atom is -0.375 e. The summed E-state index contributed by atoms with van der Waals surface area (Å²) in [5.74, 6) is 0. The van der Waals surface area contributed by atoms with Crippen molar-refractivity contribution in [1.29, 1.82) is 0 Å². The second-order valence-electron chi connectivity index (χ2n) is 5.67. The normalized spacial score (nSPS) is 16.4. The zero-order valence-electron chi connectivity index (χ0n) is 11.7. The van der Waals surface area contributed by atoms with Gasteiger partial charge in [-0.2, -0.15) is 0 Å². The van der Waals surface area contributed by atoms with Crippen molar-refractivity contribution >= 4 is 0 Å². The van der Waals surface area contributed by atoms with E-state index in [-0.39, 0.29) is 5.60 Å². The summed E-state index contributed by atoms with van der Waals surface area (Å²) in [7, 11) is 0. The molecule has 15 heavy (non-hydrogen) atoms. The third-order valence-electron chi connectivity index (χ3n) is 3.71. The summed E-state index contributed by atoms with van der Waals surface area (Å²) in [4.78, 5) is 0. The Kier molecular flexibility index (Phi) is 6.51. The maximum absolute atomic E-state index is 6.06. The van der Waals surface area contributed by atoms with E-state index < -0.39 is 0 Å². The third-order valence-corrected chi connectivity index (χ3v) is 3.71. The summed E-state index contributed by atoms with van der Waals surface area (Å²) in [6, 6.07) is 0. The Bertz CT molecular complexity index is 163. The first-order chi connectivity index (χ1) is 6.89. The van der Waals surface area contributed by atoms with Gasteiger partial charge in [0, 0.05) is 6.61 Å². The van der Waals surface area contributed by atoms with Gasteiger partial charge in [-0.15, -0.1) is 0 Å². The van der Waals surface area contributed by atoms with Crippen LogP contribution in [-0.4, -0.2) is 12.2 Å². The van der Waals surface area contributed by atoms with Crippen molar-refractivity contribution < 1.29 is 4.74 Å². The van der Waals surface area contributed by atoms with Crippen molar-refractivity contribution in [2.45, 2.75) is 79.2 Å². The lowest BCUT2D eigenvalue weighted by atomic mass is 9.87. The number of rotatable bonds is 8. The van der Waals surface area contributed by atoms with Crippen molar-refractivity contribution in [1.82, 2.24) is 0 Å². The second kappa shape index (κ2) is 6.52. The Labute approximate surface area is 96.6 Å². The molecule has 0 fully saturated rings. The molecule has 0 amide bonds. The predicted molar refractivity (Wildman–Crippen MR) is 68.2 cm³/mol. The van der Waals surface area contributed by atoms with E-state index in [0.717, 1.165) is 13.0 Å². The molecule has 0 rings (SSSR count). The molecule has 92 valence electrons. The summed E-state index contributed by atoms with van der Waals surface area (Å²) in [6.45, 7) is 14.5. The van der Waals surface area contributed by atoms with E-state index in [1.54, 1.807) is 0 Å². The van der Waals surface area contributed by atoms with Crippen LogP contribution in [0.1, 0.15) is 73.6 Å². The van der Waals surface area contributed by atoms with Crippen molar-refractivity contribution in [2.24, 2.45) is 5.41 Å². The van der Waals surface area contributed by atoms with E-state index in [1.807, 2.05) is 0 Å². The van der Waals surface area contributed by atoms with Crippen LogP contribution >= 0.6 is 0 Å². The first-order valence-electron chi connectivity index (χ1n) is 6.53. The molecule has 0 aliphatic carbocycles. The van der Waals surface area contributed by atoms with Crippen molar-refractivity contribution in [2.75, 3.05) is 6.61 Å². The molecule has 0 aliphatic heterocycles. The van der Waals surface area contributed by atoms with Crippen molar-refractivity contribution in [3.05, 3.63) is 0 Å². The van der Waals surface area contributed by atoms with Crippen molar-refractivity contribution in [3.63, 3.8) is 0 Å². The van der Waals surface area contributed by atoms with Gasteiger partial charge in [0.1, 0.15) is 0 Å². The van der Waals surface area contributed by atoms with Gasteiger partial charge in [0.25, 0.3) is 0 Å². The molecule has 0 spiro atoms. The van der Waals surface area contributed by atoms with Crippen LogP contribution in [0.15, 0.2) is 0 Å². The van der Waals surface area contributed by atoms with E-state index in [0.29, 0.717) is 5.41 Å². The van der Waals surface area contributed by atoms with Crippen LogP contribution in [0, 0.1) is 5.41 Å². The lowest BCUT2D eigenvalue weighted by Crippen LogP contribution is -2.29. The molecule has 1 nitrogen and oxygen atoms in total. The lowest BCUT2D eigenvalue weighted by Gasteiger charge is -2.31. The quantitative estimate of drug-likeness (QED) is 0.564. The van der Waals surface area contributed by atoms with E-state index in [9.17, 15) is 0 Å². The lowest BCUT2D eigenvalue weighted by molar-refractivity contribution is -0.0506. The van der Waals surface area contributed by atoms with Gasteiger partial charge in [-0.3, -0.25) is 0 Å². The van der Waals surface area contributed by atoms with Crippen LogP contribution in [-0.2, 0) is 4.74 Å². The van der Waals surface area contributed by atoms with Crippen LogP contribution in [0.2, 0.25) is 0 Å². The summed E-state index contributed by atoms with van der Waals surface area (Å²) in [5, 5.41) is 0. The monoisotopic (exact) mass is 214 g/mol. The highest BCUT2D eigenvalue weighted by Gasteiger charge is 2.23. The fourth-order valence-electron chi connectivity index (χ4n) is 1.63. The number of hydrogen-bond donors (Lipinski definition) is 0. The maximum Gasteiger partial charge on any atom is 0.0651 e. The molecule has 0 aromatic heterocycles. The minimum absolute atomic E-state index is 0.110. The van der Waals surface area contributed by atoms with E-state index >= 15 is 0 Å². The Morgan fingerprint density at radius 3 is 1.87 bits per heavy atom. The molecule has 0 aromatic carbocycles. The summed E-state index contributed by atoms with van der Waals surface area (Å²) in [5.41, 5.74) is 0.541. The van der Waals surface area contributed by atoms with Crippen LogP contribution < -0.4 is 0 Å². The Morgan fingerprint density at radius 2 is 1.47 bits per heavy atom. The third kappa shape index (κ3) is 6.19. The molecule has 0 bridgehead atoms. The Balaban J connectivity index is 3.91. The van der Waals surface area contributed by atoms with Gasteiger partial charge in [0.2, 0.25) is 0 Å². The molecule has 0 saturated heterocycles. The molecular weight excluding hydrogens is 184 g/mol. The zero-order valence-corrected chi connectivity index (χ0v) is 11.7. The molecular formula is C14H30O. The highest BCUT2D eigenvalue weighted by atomic mass is 16.5. The fourth-order valence-corrected chi connectivity index (χ4v) is 1.63. The first kappa shape index (κ1) is 15.0. The van der Waals surface area contributed by atoms with Gasteiger partial charge in [0.15, 0.2) is 0 Å². The highest BCUT2D eigenvalue weighted by Crippen LogP contribution is 2.27. The van der Waals surface area contributed by atoms with Gasteiger partial charge < -0.3 is 4.74 Å². The van der Waals surface area contributed by atoms with E-state index in [2.05, 4.69) is 41.5 Å². The van der Waals surface area contributed by atoms with Gasteiger partial charge in [-0.25, -0.2) is 0 Å². The Morgan fingerprint density at radius 1 is 0.867 bits per heavy atom. The molecule has 1 unspecified atom stereocenters. The second-order valence-corrected chi connectivity index (χ2v) is 5.67. The van der Waals surface area contributed by atoms with Gasteiger partial charge in [0.05, 0.1) is 5.60 Å².